The summed E-state index contributed by atoms with van der Waals surface area (Å²) < 4.78 is 1.92. The number of fused-ring (bicyclic) bond motifs is 1. The Morgan fingerprint density at radius 1 is 1.33 bits per heavy atom. The van der Waals surface area contributed by atoms with E-state index in [2.05, 4.69) is 15.6 Å². The summed E-state index contributed by atoms with van der Waals surface area (Å²) in [5.74, 6) is -0.204. The number of benzene rings is 1. The first-order valence-electron chi connectivity index (χ1n) is 6.63. The van der Waals surface area contributed by atoms with E-state index in [1.165, 1.54) is 0 Å². The number of nitrogens with one attached hydrogen (secondary N) is 2. The highest BCUT2D eigenvalue weighted by molar-refractivity contribution is 5.77. The second-order valence-electron chi connectivity index (χ2n) is 4.83. The van der Waals surface area contributed by atoms with Crippen LogP contribution in [0.2, 0.25) is 0 Å². The van der Waals surface area contributed by atoms with E-state index in [1.54, 1.807) is 0 Å². The van der Waals surface area contributed by atoms with Gasteiger partial charge in [0.05, 0.1) is 24.0 Å². The van der Waals surface area contributed by atoms with Crippen molar-refractivity contribution in [2.45, 2.75) is 19.9 Å². The maximum Gasteiger partial charge on any atom is 0.315 e. The Labute approximate surface area is 122 Å². The number of hydrogen-bond donors (Lipinski definition) is 3. The molecule has 0 spiro atoms. The number of hydrogen-bond acceptors (Lipinski definition) is 3. The third-order valence-corrected chi connectivity index (χ3v) is 3.16. The molecule has 0 atom stereocenters. The molecule has 7 nitrogen and oxygen atoms in total. The highest BCUT2D eigenvalue weighted by atomic mass is 16.4. The lowest BCUT2D eigenvalue weighted by atomic mass is 10.2. The third kappa shape index (κ3) is 3.71. The molecule has 0 aliphatic carbocycles. The zero-order valence-corrected chi connectivity index (χ0v) is 12.0. The molecule has 0 bridgehead atoms. The number of rotatable bonds is 5. The van der Waals surface area contributed by atoms with E-state index in [0.29, 0.717) is 0 Å². The summed E-state index contributed by atoms with van der Waals surface area (Å²) >= 11 is 0. The summed E-state index contributed by atoms with van der Waals surface area (Å²) in [5, 5.41) is 13.6. The Balaban J connectivity index is 1.95. The molecule has 1 aromatic heterocycles. The summed E-state index contributed by atoms with van der Waals surface area (Å²) in [6, 6.07) is 5.60. The molecule has 0 radical (unpaired) electrons. The molecular formula is C14H18N4O3. The van der Waals surface area contributed by atoms with Crippen LogP contribution < -0.4 is 10.6 Å². The van der Waals surface area contributed by atoms with Crippen LogP contribution >= 0.6 is 0 Å². The van der Waals surface area contributed by atoms with Gasteiger partial charge in [-0.3, -0.25) is 4.79 Å². The number of nitrogens with zero attached hydrogens (tertiary/aromatic N) is 2. The van der Waals surface area contributed by atoms with Gasteiger partial charge in [-0.2, -0.15) is 0 Å². The first-order valence-corrected chi connectivity index (χ1v) is 6.63. The SMILES string of the molecule is Cc1ccc2c(c1)nc(CNC(=O)NCCC(=O)O)n2C. The van der Waals surface area contributed by atoms with Gasteiger partial charge in [-0.1, -0.05) is 6.07 Å². The Kier molecular flexibility index (Phi) is 4.42. The molecule has 0 aliphatic rings. The fourth-order valence-corrected chi connectivity index (χ4v) is 2.02. The summed E-state index contributed by atoms with van der Waals surface area (Å²) in [6.07, 6.45) is -0.0982. The minimum atomic E-state index is -0.943. The van der Waals surface area contributed by atoms with Crippen LogP contribution in [0.25, 0.3) is 11.0 Å². The maximum absolute atomic E-state index is 11.5. The predicted octanol–water partition coefficient (Wildman–Crippen LogP) is 1.16. The van der Waals surface area contributed by atoms with Crippen molar-refractivity contribution in [2.24, 2.45) is 7.05 Å². The van der Waals surface area contributed by atoms with Crippen molar-refractivity contribution in [1.29, 1.82) is 0 Å². The van der Waals surface area contributed by atoms with Crippen molar-refractivity contribution in [2.75, 3.05) is 6.54 Å². The van der Waals surface area contributed by atoms with Gasteiger partial charge in [-0.05, 0) is 24.6 Å². The minimum Gasteiger partial charge on any atom is -0.481 e. The molecule has 7 heteroatoms. The van der Waals surface area contributed by atoms with Gasteiger partial charge in [-0.15, -0.1) is 0 Å². The van der Waals surface area contributed by atoms with Gasteiger partial charge in [-0.25, -0.2) is 9.78 Å². The number of carboxylic acid groups (broad SMARTS) is 1. The molecule has 2 aromatic rings. The van der Waals surface area contributed by atoms with Crippen molar-refractivity contribution >= 4 is 23.0 Å². The quantitative estimate of drug-likeness (QED) is 0.769. The van der Waals surface area contributed by atoms with Gasteiger partial charge in [0.2, 0.25) is 0 Å². The fraction of sp³-hybridized carbons (Fsp3) is 0.357. The van der Waals surface area contributed by atoms with Crippen LogP contribution in [0.1, 0.15) is 17.8 Å². The normalized spacial score (nSPS) is 10.6. The third-order valence-electron chi connectivity index (χ3n) is 3.16. The van der Waals surface area contributed by atoms with Gasteiger partial charge in [0, 0.05) is 13.6 Å². The molecule has 2 rings (SSSR count). The topological polar surface area (TPSA) is 96.2 Å². The number of aryl methyl sites for hydroxylation is 2. The van der Waals surface area contributed by atoms with Crippen LogP contribution in [0.4, 0.5) is 4.79 Å². The van der Waals surface area contributed by atoms with E-state index < -0.39 is 12.0 Å². The van der Waals surface area contributed by atoms with Crippen molar-refractivity contribution < 1.29 is 14.7 Å². The van der Waals surface area contributed by atoms with Crippen LogP contribution in [0.3, 0.4) is 0 Å². The summed E-state index contributed by atoms with van der Waals surface area (Å²) in [5.41, 5.74) is 3.02. The molecule has 1 heterocycles. The monoisotopic (exact) mass is 290 g/mol. The predicted molar refractivity (Wildman–Crippen MR) is 77.9 cm³/mol. The van der Waals surface area contributed by atoms with Crippen molar-refractivity contribution in [3.63, 3.8) is 0 Å². The Morgan fingerprint density at radius 2 is 2.10 bits per heavy atom. The first-order chi connectivity index (χ1) is 9.97. The number of imidazole rings is 1. The van der Waals surface area contributed by atoms with Gasteiger partial charge in [0.15, 0.2) is 0 Å². The van der Waals surface area contributed by atoms with Crippen molar-refractivity contribution in [1.82, 2.24) is 20.2 Å². The van der Waals surface area contributed by atoms with Gasteiger partial charge < -0.3 is 20.3 Å². The van der Waals surface area contributed by atoms with Crippen LogP contribution in [0, 0.1) is 6.92 Å². The van der Waals surface area contributed by atoms with Crippen LogP contribution in [0.5, 0.6) is 0 Å². The largest absolute Gasteiger partial charge is 0.481 e. The lowest BCUT2D eigenvalue weighted by Crippen LogP contribution is -2.36. The molecule has 0 saturated carbocycles. The molecule has 0 aliphatic heterocycles. The average molecular weight is 290 g/mol. The van der Waals surface area contributed by atoms with Gasteiger partial charge in [0.25, 0.3) is 0 Å². The summed E-state index contributed by atoms with van der Waals surface area (Å²) in [4.78, 5) is 26.4. The molecule has 0 fully saturated rings. The minimum absolute atomic E-state index is 0.0982. The van der Waals surface area contributed by atoms with Crippen LogP contribution in [-0.4, -0.2) is 33.2 Å². The standard InChI is InChI=1S/C14H18N4O3/c1-9-3-4-11-10(7-9)17-12(18(11)2)8-16-14(21)15-6-5-13(19)20/h3-4,7H,5-6,8H2,1-2H3,(H,19,20)(H2,15,16,21). The average Bonchev–Trinajstić information content (AvgIpc) is 2.72. The molecule has 2 amide bonds. The fourth-order valence-electron chi connectivity index (χ4n) is 2.02. The van der Waals surface area contributed by atoms with E-state index in [4.69, 9.17) is 5.11 Å². The molecule has 112 valence electrons. The summed E-state index contributed by atoms with van der Waals surface area (Å²) in [7, 11) is 1.89. The molecule has 0 unspecified atom stereocenters. The number of carboxylic acids is 1. The number of aliphatic carboxylic acids is 1. The number of carbonyl (C=O) groups excluding carboxylic acids is 1. The summed E-state index contributed by atoms with van der Waals surface area (Å²) in [6.45, 7) is 2.38. The van der Waals surface area contributed by atoms with Crippen molar-refractivity contribution in [3.8, 4) is 0 Å². The second-order valence-corrected chi connectivity index (χ2v) is 4.83. The zero-order chi connectivity index (χ0) is 15.4. The highest BCUT2D eigenvalue weighted by Gasteiger charge is 2.09. The van der Waals surface area contributed by atoms with E-state index in [-0.39, 0.29) is 19.5 Å². The van der Waals surface area contributed by atoms with E-state index >= 15 is 0 Å². The van der Waals surface area contributed by atoms with Crippen molar-refractivity contribution in [3.05, 3.63) is 29.6 Å². The lowest BCUT2D eigenvalue weighted by molar-refractivity contribution is -0.136. The second kappa shape index (κ2) is 6.25. The number of urea groups is 1. The Morgan fingerprint density at radius 3 is 2.81 bits per heavy atom. The maximum atomic E-state index is 11.5. The number of aromatic nitrogens is 2. The van der Waals surface area contributed by atoms with Gasteiger partial charge >= 0.3 is 12.0 Å². The smallest absolute Gasteiger partial charge is 0.315 e. The molecule has 1 aromatic carbocycles. The Hall–Kier alpha value is -2.57. The van der Waals surface area contributed by atoms with Gasteiger partial charge in [0.1, 0.15) is 5.82 Å². The number of carbonyl (C=O) groups is 2. The zero-order valence-electron chi connectivity index (χ0n) is 12.0. The lowest BCUT2D eigenvalue weighted by Gasteiger charge is -2.06. The number of amides is 2. The highest BCUT2D eigenvalue weighted by Crippen LogP contribution is 2.16. The molecule has 0 saturated heterocycles. The molecular weight excluding hydrogens is 272 g/mol. The molecule has 3 N–H and O–H groups in total. The Bertz CT molecular complexity index is 678. The van der Waals surface area contributed by atoms with Crippen LogP contribution in [0.15, 0.2) is 18.2 Å². The van der Waals surface area contributed by atoms with E-state index in [9.17, 15) is 9.59 Å². The first kappa shape index (κ1) is 14.8. The van der Waals surface area contributed by atoms with Crippen LogP contribution in [-0.2, 0) is 18.4 Å². The molecule has 21 heavy (non-hydrogen) atoms. The van der Waals surface area contributed by atoms with E-state index in [0.717, 1.165) is 22.4 Å². The van der Waals surface area contributed by atoms with E-state index in [1.807, 2.05) is 36.7 Å².